The zero-order valence-electron chi connectivity index (χ0n) is 9.16. The summed E-state index contributed by atoms with van der Waals surface area (Å²) in [5.41, 5.74) is 0.0493. The number of hydrogen-bond acceptors (Lipinski definition) is 3. The number of carbonyl (C=O) groups excluding carboxylic acids is 1. The molecule has 1 aromatic rings. The molecule has 5 nitrogen and oxygen atoms in total. The van der Waals surface area contributed by atoms with Crippen LogP contribution in [0, 0.1) is 22.7 Å². The van der Waals surface area contributed by atoms with Gasteiger partial charge < -0.3 is 10.3 Å². The first-order chi connectivity index (χ1) is 7.66. The van der Waals surface area contributed by atoms with E-state index < -0.39 is 5.41 Å². The van der Waals surface area contributed by atoms with Gasteiger partial charge >= 0.3 is 0 Å². The number of imidazole rings is 1. The van der Waals surface area contributed by atoms with Crippen molar-refractivity contribution in [2.24, 2.45) is 11.3 Å². The molecule has 84 valence electrons. The van der Waals surface area contributed by atoms with Crippen molar-refractivity contribution in [2.45, 2.75) is 26.3 Å². The lowest BCUT2D eigenvalue weighted by Crippen LogP contribution is -2.47. The van der Waals surface area contributed by atoms with E-state index in [-0.39, 0.29) is 5.91 Å². The number of nitrogens with one attached hydrogen (secondary N) is 2. The van der Waals surface area contributed by atoms with Crippen LogP contribution in [0.5, 0.6) is 0 Å². The maximum atomic E-state index is 11.9. The number of hydrogen-bond donors (Lipinski definition) is 2. The number of H-pyrrole nitrogens is 1. The topological polar surface area (TPSA) is 81.6 Å². The Hall–Kier alpha value is -1.83. The molecule has 1 fully saturated rings. The second kappa shape index (κ2) is 3.97. The van der Waals surface area contributed by atoms with Crippen molar-refractivity contribution in [3.63, 3.8) is 0 Å². The summed E-state index contributed by atoms with van der Waals surface area (Å²) in [5.74, 6) is 0.306. The first-order valence-corrected chi connectivity index (χ1v) is 5.33. The molecule has 1 aliphatic carbocycles. The van der Waals surface area contributed by atoms with Crippen molar-refractivity contribution in [1.29, 1.82) is 5.26 Å². The molecule has 1 saturated carbocycles. The minimum atomic E-state index is -0.792. The molecule has 1 aliphatic rings. The minimum absolute atomic E-state index is 0.164. The third-order valence-electron chi connectivity index (χ3n) is 3.04. The van der Waals surface area contributed by atoms with Crippen LogP contribution in [0.2, 0.25) is 0 Å². The molecular formula is C11H14N4O. The van der Waals surface area contributed by atoms with Gasteiger partial charge in [-0.15, -0.1) is 0 Å². The van der Waals surface area contributed by atoms with Gasteiger partial charge in [-0.3, -0.25) is 4.79 Å². The molecule has 0 aliphatic heterocycles. The van der Waals surface area contributed by atoms with Crippen LogP contribution in [0.3, 0.4) is 0 Å². The number of aromatic nitrogens is 2. The summed E-state index contributed by atoms with van der Waals surface area (Å²) in [6.07, 6.45) is 4.55. The molecule has 0 unspecified atom stereocenters. The first-order valence-electron chi connectivity index (χ1n) is 5.33. The average molecular weight is 218 g/mol. The monoisotopic (exact) mass is 218 g/mol. The highest BCUT2D eigenvalue weighted by Gasteiger charge is 2.48. The lowest BCUT2D eigenvalue weighted by molar-refractivity contribution is -0.134. The van der Waals surface area contributed by atoms with Gasteiger partial charge in [-0.1, -0.05) is 6.92 Å². The molecule has 0 bridgehead atoms. The van der Waals surface area contributed by atoms with Crippen LogP contribution in [-0.2, 0) is 11.3 Å². The number of amides is 1. The molecule has 0 aromatic carbocycles. The highest BCUT2D eigenvalue weighted by molar-refractivity contribution is 5.86. The Morgan fingerprint density at radius 3 is 3.06 bits per heavy atom. The van der Waals surface area contributed by atoms with Crippen LogP contribution in [0.4, 0.5) is 0 Å². The Kier molecular flexibility index (Phi) is 2.65. The van der Waals surface area contributed by atoms with E-state index in [0.717, 1.165) is 5.69 Å². The molecule has 0 spiro atoms. The van der Waals surface area contributed by atoms with E-state index in [9.17, 15) is 4.79 Å². The highest BCUT2D eigenvalue weighted by Crippen LogP contribution is 2.45. The van der Waals surface area contributed by atoms with Gasteiger partial charge in [-0.05, 0) is 18.8 Å². The summed E-state index contributed by atoms with van der Waals surface area (Å²) in [5, 5.41) is 11.8. The fourth-order valence-corrected chi connectivity index (χ4v) is 2.18. The fraction of sp³-hybridized carbons (Fsp3) is 0.545. The number of nitrogens with zero attached hydrogens (tertiary/aromatic N) is 2. The minimum Gasteiger partial charge on any atom is -0.349 e. The molecule has 1 aromatic heterocycles. The Balaban J connectivity index is 1.91. The van der Waals surface area contributed by atoms with Crippen molar-refractivity contribution in [3.05, 3.63) is 18.2 Å². The molecule has 0 atom stereocenters. The van der Waals surface area contributed by atoms with Gasteiger partial charge in [0.25, 0.3) is 0 Å². The van der Waals surface area contributed by atoms with Crippen molar-refractivity contribution < 1.29 is 4.79 Å². The van der Waals surface area contributed by atoms with Gasteiger partial charge in [0, 0.05) is 6.20 Å². The molecule has 0 radical (unpaired) electrons. The zero-order chi connectivity index (χ0) is 11.6. The average Bonchev–Trinajstić information content (AvgIpc) is 2.73. The second-order valence-electron chi connectivity index (χ2n) is 4.47. The summed E-state index contributed by atoms with van der Waals surface area (Å²) in [6.45, 7) is 2.45. The van der Waals surface area contributed by atoms with Gasteiger partial charge in [0.05, 0.1) is 24.6 Å². The summed E-state index contributed by atoms with van der Waals surface area (Å²) in [4.78, 5) is 18.6. The number of rotatable bonds is 3. The molecule has 2 N–H and O–H groups in total. The Morgan fingerprint density at radius 2 is 2.56 bits per heavy atom. The second-order valence-corrected chi connectivity index (χ2v) is 4.47. The first kappa shape index (κ1) is 10.7. The number of aromatic amines is 1. The van der Waals surface area contributed by atoms with Crippen molar-refractivity contribution in [2.75, 3.05) is 0 Å². The van der Waals surface area contributed by atoms with Gasteiger partial charge in [0.1, 0.15) is 5.41 Å². The van der Waals surface area contributed by atoms with E-state index >= 15 is 0 Å². The Labute approximate surface area is 93.9 Å². The quantitative estimate of drug-likeness (QED) is 0.793. The Morgan fingerprint density at radius 1 is 1.81 bits per heavy atom. The largest absolute Gasteiger partial charge is 0.349 e. The van der Waals surface area contributed by atoms with E-state index in [1.54, 1.807) is 12.5 Å². The van der Waals surface area contributed by atoms with Crippen LogP contribution >= 0.6 is 0 Å². The van der Waals surface area contributed by atoms with E-state index in [2.05, 4.69) is 28.3 Å². The summed E-state index contributed by atoms with van der Waals surface area (Å²) >= 11 is 0. The van der Waals surface area contributed by atoms with E-state index in [0.29, 0.717) is 25.3 Å². The normalized spacial score (nSPS) is 27.9. The van der Waals surface area contributed by atoms with Crippen LogP contribution in [-0.4, -0.2) is 15.9 Å². The molecule has 0 saturated heterocycles. The summed E-state index contributed by atoms with van der Waals surface area (Å²) < 4.78 is 0. The Bertz CT molecular complexity index is 412. The maximum Gasteiger partial charge on any atom is 0.240 e. The molecule has 5 heteroatoms. The maximum absolute atomic E-state index is 11.9. The molecule has 2 rings (SSSR count). The van der Waals surface area contributed by atoms with E-state index in [1.807, 2.05) is 0 Å². The zero-order valence-corrected chi connectivity index (χ0v) is 9.16. The lowest BCUT2D eigenvalue weighted by Gasteiger charge is -2.39. The molecule has 1 amide bonds. The SMILES string of the molecule is CC1CC(C#N)(C(=O)NCc2cnc[nH]2)C1. The van der Waals surface area contributed by atoms with Gasteiger partial charge in [-0.25, -0.2) is 4.98 Å². The van der Waals surface area contributed by atoms with Crippen molar-refractivity contribution in [3.8, 4) is 6.07 Å². The van der Waals surface area contributed by atoms with Crippen LogP contribution in [0.15, 0.2) is 12.5 Å². The van der Waals surface area contributed by atoms with Gasteiger partial charge in [-0.2, -0.15) is 5.26 Å². The van der Waals surface area contributed by atoms with Crippen LogP contribution < -0.4 is 5.32 Å². The molecule has 16 heavy (non-hydrogen) atoms. The summed E-state index contributed by atoms with van der Waals surface area (Å²) in [7, 11) is 0. The third-order valence-corrected chi connectivity index (χ3v) is 3.04. The fourth-order valence-electron chi connectivity index (χ4n) is 2.18. The van der Waals surface area contributed by atoms with Gasteiger partial charge in [0.2, 0.25) is 5.91 Å². The van der Waals surface area contributed by atoms with Crippen molar-refractivity contribution >= 4 is 5.91 Å². The molecule has 1 heterocycles. The van der Waals surface area contributed by atoms with Crippen molar-refractivity contribution in [1.82, 2.24) is 15.3 Å². The predicted molar refractivity (Wildman–Crippen MR) is 56.9 cm³/mol. The third kappa shape index (κ3) is 1.78. The lowest BCUT2D eigenvalue weighted by atomic mass is 9.63. The standard InChI is InChI=1S/C11H14N4O/c1-8-2-11(3-8,6-12)10(16)14-5-9-4-13-7-15-9/h4,7-8H,2-3,5H2,1H3,(H,13,15)(H,14,16). The van der Waals surface area contributed by atoms with E-state index in [1.165, 1.54) is 0 Å². The molecular weight excluding hydrogens is 204 g/mol. The van der Waals surface area contributed by atoms with Crippen LogP contribution in [0.25, 0.3) is 0 Å². The van der Waals surface area contributed by atoms with E-state index in [4.69, 9.17) is 5.26 Å². The van der Waals surface area contributed by atoms with Gasteiger partial charge in [0.15, 0.2) is 0 Å². The number of nitriles is 1. The number of carbonyl (C=O) groups is 1. The smallest absolute Gasteiger partial charge is 0.240 e. The highest BCUT2D eigenvalue weighted by atomic mass is 16.2. The predicted octanol–water partition coefficient (Wildman–Crippen LogP) is 0.966. The summed E-state index contributed by atoms with van der Waals surface area (Å²) in [6, 6.07) is 2.14. The van der Waals surface area contributed by atoms with Crippen LogP contribution in [0.1, 0.15) is 25.5 Å².